The molecule has 2 aromatic carbocycles. The van der Waals surface area contributed by atoms with Gasteiger partial charge in [0.2, 0.25) is 5.91 Å². The van der Waals surface area contributed by atoms with E-state index in [2.05, 4.69) is 27.4 Å². The number of nitrogens with zero attached hydrogens (tertiary/aromatic N) is 2. The zero-order valence-electron chi connectivity index (χ0n) is 13.4. The average Bonchev–Trinajstić information content (AvgIpc) is 2.62. The van der Waals surface area contributed by atoms with Gasteiger partial charge in [-0.05, 0) is 24.6 Å². The van der Waals surface area contributed by atoms with Crippen LogP contribution >= 0.6 is 0 Å². The van der Waals surface area contributed by atoms with E-state index in [-0.39, 0.29) is 0 Å². The number of amides is 1. The van der Waals surface area contributed by atoms with Crippen LogP contribution in [0.5, 0.6) is 0 Å². The largest absolute Gasteiger partial charge is 0.366 e. The fraction of sp³-hybridized carbons (Fsp3) is 0.105. The van der Waals surface area contributed by atoms with Crippen molar-refractivity contribution in [3.63, 3.8) is 0 Å². The molecule has 1 amide bonds. The van der Waals surface area contributed by atoms with E-state index in [4.69, 9.17) is 5.73 Å². The standard InChI is InChI=1S/C19H18N4O/c1-13-11-21-19(16-9-7-15(8-10-16)17(20)24)23-18(13)22-12-14-5-3-2-4-6-14/h2-11H,12H2,1H3,(H2,20,24)(H,21,22,23). The molecule has 3 N–H and O–H groups in total. The minimum absolute atomic E-state index is 0.448. The number of hydrogen-bond donors (Lipinski definition) is 2. The quantitative estimate of drug-likeness (QED) is 0.757. The summed E-state index contributed by atoms with van der Waals surface area (Å²) in [5.74, 6) is 0.951. The molecule has 3 aromatic rings. The molecule has 5 heteroatoms. The van der Waals surface area contributed by atoms with Crippen molar-refractivity contribution in [2.24, 2.45) is 5.73 Å². The van der Waals surface area contributed by atoms with Crippen LogP contribution in [0.25, 0.3) is 11.4 Å². The van der Waals surface area contributed by atoms with Crippen molar-refractivity contribution >= 4 is 11.7 Å². The summed E-state index contributed by atoms with van der Waals surface area (Å²) >= 11 is 0. The molecule has 24 heavy (non-hydrogen) atoms. The first-order valence-electron chi connectivity index (χ1n) is 7.65. The Morgan fingerprint density at radius 3 is 2.46 bits per heavy atom. The zero-order chi connectivity index (χ0) is 16.9. The van der Waals surface area contributed by atoms with Gasteiger partial charge in [0, 0.05) is 29.4 Å². The molecule has 1 heterocycles. The highest BCUT2D eigenvalue weighted by molar-refractivity contribution is 5.93. The van der Waals surface area contributed by atoms with Crippen LogP contribution in [0.15, 0.2) is 60.8 Å². The molecule has 0 fully saturated rings. The Morgan fingerprint density at radius 1 is 1.08 bits per heavy atom. The molecule has 0 saturated heterocycles. The Kier molecular flexibility index (Phi) is 4.52. The maximum atomic E-state index is 11.1. The molecular weight excluding hydrogens is 300 g/mol. The highest BCUT2D eigenvalue weighted by atomic mass is 16.1. The van der Waals surface area contributed by atoms with Crippen molar-refractivity contribution in [3.05, 3.63) is 77.5 Å². The number of primary amides is 1. The lowest BCUT2D eigenvalue weighted by molar-refractivity contribution is 0.100. The molecule has 0 bridgehead atoms. The summed E-state index contributed by atoms with van der Waals surface area (Å²) in [4.78, 5) is 20.1. The van der Waals surface area contributed by atoms with Gasteiger partial charge in [0.15, 0.2) is 5.82 Å². The van der Waals surface area contributed by atoms with Gasteiger partial charge in [-0.2, -0.15) is 0 Å². The van der Waals surface area contributed by atoms with Gasteiger partial charge in [0.1, 0.15) is 5.82 Å². The number of rotatable bonds is 5. The van der Waals surface area contributed by atoms with Gasteiger partial charge in [-0.15, -0.1) is 0 Å². The van der Waals surface area contributed by atoms with Crippen LogP contribution in [-0.4, -0.2) is 15.9 Å². The van der Waals surface area contributed by atoms with E-state index in [9.17, 15) is 4.79 Å². The zero-order valence-corrected chi connectivity index (χ0v) is 13.4. The molecule has 1 aromatic heterocycles. The second kappa shape index (κ2) is 6.91. The first-order chi connectivity index (χ1) is 11.6. The van der Waals surface area contributed by atoms with Gasteiger partial charge in [-0.1, -0.05) is 42.5 Å². The number of carbonyl (C=O) groups is 1. The molecule has 0 saturated carbocycles. The summed E-state index contributed by atoms with van der Waals surface area (Å²) in [5, 5.41) is 3.34. The van der Waals surface area contributed by atoms with Gasteiger partial charge in [-0.25, -0.2) is 9.97 Å². The number of aromatic nitrogens is 2. The molecule has 120 valence electrons. The highest BCUT2D eigenvalue weighted by Crippen LogP contribution is 2.20. The van der Waals surface area contributed by atoms with Crippen LogP contribution in [0.3, 0.4) is 0 Å². The van der Waals surface area contributed by atoms with E-state index < -0.39 is 5.91 Å². The number of anilines is 1. The molecule has 0 atom stereocenters. The van der Waals surface area contributed by atoms with Gasteiger partial charge in [-0.3, -0.25) is 4.79 Å². The molecule has 5 nitrogen and oxygen atoms in total. The molecule has 3 rings (SSSR count). The van der Waals surface area contributed by atoms with Gasteiger partial charge in [0.05, 0.1) is 0 Å². The second-order valence-corrected chi connectivity index (χ2v) is 5.51. The lowest BCUT2D eigenvalue weighted by Gasteiger charge is -2.10. The second-order valence-electron chi connectivity index (χ2n) is 5.51. The third-order valence-corrected chi connectivity index (χ3v) is 3.70. The predicted molar refractivity (Wildman–Crippen MR) is 94.5 cm³/mol. The van der Waals surface area contributed by atoms with Gasteiger partial charge in [0.25, 0.3) is 0 Å². The smallest absolute Gasteiger partial charge is 0.248 e. The summed E-state index contributed by atoms with van der Waals surface area (Å²) in [7, 11) is 0. The van der Waals surface area contributed by atoms with Crippen LogP contribution in [-0.2, 0) is 6.54 Å². The van der Waals surface area contributed by atoms with Crippen molar-refractivity contribution in [1.82, 2.24) is 9.97 Å². The third-order valence-electron chi connectivity index (χ3n) is 3.70. The van der Waals surface area contributed by atoms with E-state index in [0.29, 0.717) is 17.9 Å². The third kappa shape index (κ3) is 3.57. The Balaban J connectivity index is 1.81. The molecule has 0 aliphatic heterocycles. The SMILES string of the molecule is Cc1cnc(-c2ccc(C(N)=O)cc2)nc1NCc1ccccc1. The summed E-state index contributed by atoms with van der Waals surface area (Å²) in [6.07, 6.45) is 1.79. The molecular formula is C19H18N4O. The number of nitrogens with one attached hydrogen (secondary N) is 1. The fourth-order valence-corrected chi connectivity index (χ4v) is 2.33. The van der Waals surface area contributed by atoms with Crippen molar-refractivity contribution < 1.29 is 4.79 Å². The summed E-state index contributed by atoms with van der Waals surface area (Å²) in [5.41, 5.74) is 8.72. The van der Waals surface area contributed by atoms with Crippen LogP contribution in [0, 0.1) is 6.92 Å². The van der Waals surface area contributed by atoms with Crippen molar-refractivity contribution in [1.29, 1.82) is 0 Å². The van der Waals surface area contributed by atoms with Gasteiger partial charge >= 0.3 is 0 Å². The maximum absolute atomic E-state index is 11.1. The number of hydrogen-bond acceptors (Lipinski definition) is 4. The fourth-order valence-electron chi connectivity index (χ4n) is 2.33. The highest BCUT2D eigenvalue weighted by Gasteiger charge is 2.07. The predicted octanol–water partition coefficient (Wildman–Crippen LogP) is 3.16. The topological polar surface area (TPSA) is 80.9 Å². The van der Waals surface area contributed by atoms with Gasteiger partial charge < -0.3 is 11.1 Å². The average molecular weight is 318 g/mol. The van der Waals surface area contributed by atoms with E-state index in [1.54, 1.807) is 30.5 Å². The molecule has 0 unspecified atom stereocenters. The Labute approximate surface area is 140 Å². The van der Waals surface area contributed by atoms with Crippen LogP contribution in [0.2, 0.25) is 0 Å². The number of benzene rings is 2. The minimum Gasteiger partial charge on any atom is -0.366 e. The van der Waals surface area contributed by atoms with Crippen molar-refractivity contribution in [2.75, 3.05) is 5.32 Å². The van der Waals surface area contributed by atoms with E-state index in [0.717, 1.165) is 16.9 Å². The maximum Gasteiger partial charge on any atom is 0.248 e. The lowest BCUT2D eigenvalue weighted by atomic mass is 10.1. The van der Waals surface area contributed by atoms with Crippen molar-refractivity contribution in [3.8, 4) is 11.4 Å². The minimum atomic E-state index is -0.448. The first-order valence-corrected chi connectivity index (χ1v) is 7.65. The summed E-state index contributed by atoms with van der Waals surface area (Å²) in [6.45, 7) is 2.66. The molecule has 0 spiro atoms. The van der Waals surface area contributed by atoms with Crippen LogP contribution in [0.1, 0.15) is 21.5 Å². The molecule has 0 aliphatic carbocycles. The molecule has 0 radical (unpaired) electrons. The molecule has 0 aliphatic rings. The Morgan fingerprint density at radius 2 is 1.79 bits per heavy atom. The number of nitrogens with two attached hydrogens (primary N) is 1. The lowest BCUT2D eigenvalue weighted by Crippen LogP contribution is -2.10. The first kappa shape index (κ1) is 15.7. The summed E-state index contributed by atoms with van der Waals surface area (Å²) in [6, 6.07) is 17.1. The number of carbonyl (C=O) groups excluding carboxylic acids is 1. The number of aryl methyl sites for hydroxylation is 1. The van der Waals surface area contributed by atoms with Crippen molar-refractivity contribution in [2.45, 2.75) is 13.5 Å². The van der Waals surface area contributed by atoms with Crippen LogP contribution in [0.4, 0.5) is 5.82 Å². The van der Waals surface area contributed by atoms with E-state index >= 15 is 0 Å². The van der Waals surface area contributed by atoms with E-state index in [1.165, 1.54) is 5.56 Å². The van der Waals surface area contributed by atoms with E-state index in [1.807, 2.05) is 25.1 Å². The normalized spacial score (nSPS) is 10.4. The summed E-state index contributed by atoms with van der Waals surface area (Å²) < 4.78 is 0. The van der Waals surface area contributed by atoms with Crippen LogP contribution < -0.4 is 11.1 Å². The monoisotopic (exact) mass is 318 g/mol. The Bertz CT molecular complexity index is 845. The Hall–Kier alpha value is -3.21.